The van der Waals surface area contributed by atoms with E-state index in [-0.39, 0.29) is 5.91 Å². The largest absolute Gasteiger partial charge is 0.370 e. The molecule has 0 spiro atoms. The predicted octanol–water partition coefficient (Wildman–Crippen LogP) is 3.44. The first-order valence-electron chi connectivity index (χ1n) is 6.81. The molecule has 0 saturated heterocycles. The van der Waals surface area contributed by atoms with Crippen LogP contribution in [-0.4, -0.2) is 29.4 Å². The van der Waals surface area contributed by atoms with Gasteiger partial charge in [-0.15, -0.1) is 0 Å². The topological polar surface area (TPSA) is 45.2 Å². The minimum atomic E-state index is -0.107. The van der Waals surface area contributed by atoms with Crippen LogP contribution >= 0.6 is 11.6 Å². The highest BCUT2D eigenvalue weighted by Crippen LogP contribution is 2.13. The first-order chi connectivity index (χ1) is 10.1. The minimum absolute atomic E-state index is 0.107. The molecule has 1 aromatic carbocycles. The van der Waals surface area contributed by atoms with Crippen LogP contribution in [0.5, 0.6) is 0 Å². The van der Waals surface area contributed by atoms with Crippen LogP contribution in [0.1, 0.15) is 23.0 Å². The second-order valence-electron chi connectivity index (χ2n) is 4.73. The van der Waals surface area contributed by atoms with Crippen molar-refractivity contribution >= 4 is 23.3 Å². The molecule has 0 unspecified atom stereocenters. The van der Waals surface area contributed by atoms with Crippen molar-refractivity contribution in [3.63, 3.8) is 0 Å². The fraction of sp³-hybridized carbons (Fsp3) is 0.250. The Kier molecular flexibility index (Phi) is 5.17. The third kappa shape index (κ3) is 4.20. The standard InChI is InChI=1S/C16H18ClN3O/c1-3-18-15-6-4-5-14(19-15)16(21)20(2)11-12-7-9-13(17)10-8-12/h4-10H,3,11H2,1-2H3,(H,18,19). The van der Waals surface area contributed by atoms with E-state index in [1.165, 1.54) is 0 Å². The van der Waals surface area contributed by atoms with Gasteiger partial charge >= 0.3 is 0 Å². The lowest BCUT2D eigenvalue weighted by molar-refractivity contribution is 0.0779. The number of carbonyl (C=O) groups is 1. The van der Waals surface area contributed by atoms with Crippen molar-refractivity contribution in [3.05, 3.63) is 58.7 Å². The van der Waals surface area contributed by atoms with Crippen molar-refractivity contribution in [1.82, 2.24) is 9.88 Å². The molecular weight excluding hydrogens is 286 g/mol. The van der Waals surface area contributed by atoms with Crippen LogP contribution in [0.4, 0.5) is 5.82 Å². The van der Waals surface area contributed by atoms with E-state index in [9.17, 15) is 4.79 Å². The van der Waals surface area contributed by atoms with Crippen LogP contribution < -0.4 is 5.32 Å². The summed E-state index contributed by atoms with van der Waals surface area (Å²) in [6.07, 6.45) is 0. The molecule has 4 nitrogen and oxygen atoms in total. The van der Waals surface area contributed by atoms with Crippen LogP contribution in [-0.2, 0) is 6.54 Å². The smallest absolute Gasteiger partial charge is 0.272 e. The number of aromatic nitrogens is 1. The molecule has 0 aliphatic rings. The zero-order chi connectivity index (χ0) is 15.2. The van der Waals surface area contributed by atoms with Gasteiger partial charge in [-0.25, -0.2) is 4.98 Å². The lowest BCUT2D eigenvalue weighted by Crippen LogP contribution is -2.27. The molecule has 0 bridgehead atoms. The molecule has 0 fully saturated rings. The van der Waals surface area contributed by atoms with Crippen LogP contribution in [0.15, 0.2) is 42.5 Å². The Morgan fingerprint density at radius 3 is 2.62 bits per heavy atom. The summed E-state index contributed by atoms with van der Waals surface area (Å²) in [6.45, 7) is 3.28. The van der Waals surface area contributed by atoms with E-state index in [0.717, 1.165) is 12.1 Å². The molecule has 0 aliphatic heterocycles. The summed E-state index contributed by atoms with van der Waals surface area (Å²) in [4.78, 5) is 18.3. The average Bonchev–Trinajstić information content (AvgIpc) is 2.49. The number of nitrogens with zero attached hydrogens (tertiary/aromatic N) is 2. The van der Waals surface area contributed by atoms with Crippen LogP contribution in [0.3, 0.4) is 0 Å². The first-order valence-corrected chi connectivity index (χ1v) is 7.18. The van der Waals surface area contributed by atoms with Gasteiger partial charge < -0.3 is 10.2 Å². The summed E-state index contributed by atoms with van der Waals surface area (Å²) in [5.74, 6) is 0.605. The highest BCUT2D eigenvalue weighted by molar-refractivity contribution is 6.30. The quantitative estimate of drug-likeness (QED) is 0.920. The Hall–Kier alpha value is -2.07. The lowest BCUT2D eigenvalue weighted by Gasteiger charge is -2.17. The van der Waals surface area contributed by atoms with E-state index in [4.69, 9.17) is 11.6 Å². The Morgan fingerprint density at radius 1 is 1.24 bits per heavy atom. The number of nitrogens with one attached hydrogen (secondary N) is 1. The number of carbonyl (C=O) groups excluding carboxylic acids is 1. The van der Waals surface area contributed by atoms with E-state index in [2.05, 4.69) is 10.3 Å². The molecule has 21 heavy (non-hydrogen) atoms. The molecule has 2 rings (SSSR count). The summed E-state index contributed by atoms with van der Waals surface area (Å²) in [5.41, 5.74) is 1.46. The van der Waals surface area contributed by atoms with E-state index in [0.29, 0.717) is 23.1 Å². The van der Waals surface area contributed by atoms with Gasteiger partial charge in [0.25, 0.3) is 5.91 Å². The molecule has 2 aromatic rings. The molecular formula is C16H18ClN3O. The number of hydrogen-bond acceptors (Lipinski definition) is 3. The van der Waals surface area contributed by atoms with Crippen LogP contribution in [0.2, 0.25) is 5.02 Å². The molecule has 1 heterocycles. The normalized spacial score (nSPS) is 10.2. The highest BCUT2D eigenvalue weighted by atomic mass is 35.5. The van der Waals surface area contributed by atoms with Gasteiger partial charge in [0.05, 0.1) is 0 Å². The highest BCUT2D eigenvalue weighted by Gasteiger charge is 2.13. The zero-order valence-corrected chi connectivity index (χ0v) is 12.9. The van der Waals surface area contributed by atoms with Gasteiger partial charge in [-0.2, -0.15) is 0 Å². The van der Waals surface area contributed by atoms with Crippen molar-refractivity contribution in [2.75, 3.05) is 18.9 Å². The van der Waals surface area contributed by atoms with Gasteiger partial charge in [-0.05, 0) is 36.8 Å². The summed E-state index contributed by atoms with van der Waals surface area (Å²) < 4.78 is 0. The number of benzene rings is 1. The molecule has 1 amide bonds. The molecule has 5 heteroatoms. The van der Waals surface area contributed by atoms with E-state index in [1.54, 1.807) is 18.0 Å². The second kappa shape index (κ2) is 7.09. The molecule has 0 saturated carbocycles. The summed E-state index contributed by atoms with van der Waals surface area (Å²) in [5, 5.41) is 3.79. The summed E-state index contributed by atoms with van der Waals surface area (Å²) >= 11 is 5.86. The molecule has 0 atom stereocenters. The monoisotopic (exact) mass is 303 g/mol. The van der Waals surface area contributed by atoms with Gasteiger partial charge in [-0.3, -0.25) is 4.79 Å². The predicted molar refractivity (Wildman–Crippen MR) is 85.7 cm³/mol. The van der Waals surface area contributed by atoms with Crippen molar-refractivity contribution in [1.29, 1.82) is 0 Å². The maximum atomic E-state index is 12.4. The van der Waals surface area contributed by atoms with Crippen molar-refractivity contribution < 1.29 is 4.79 Å². The Balaban J connectivity index is 2.08. The van der Waals surface area contributed by atoms with E-state index < -0.39 is 0 Å². The van der Waals surface area contributed by atoms with Crippen LogP contribution in [0.25, 0.3) is 0 Å². The van der Waals surface area contributed by atoms with Crippen molar-refractivity contribution in [2.24, 2.45) is 0 Å². The number of amides is 1. The van der Waals surface area contributed by atoms with Gasteiger partial charge in [0.1, 0.15) is 11.5 Å². The van der Waals surface area contributed by atoms with Crippen LogP contribution in [0, 0.1) is 0 Å². The molecule has 1 aromatic heterocycles. The molecule has 110 valence electrons. The van der Waals surface area contributed by atoms with Gasteiger partial charge in [-0.1, -0.05) is 29.8 Å². The Morgan fingerprint density at radius 2 is 1.95 bits per heavy atom. The van der Waals surface area contributed by atoms with Gasteiger partial charge in [0.15, 0.2) is 0 Å². The maximum Gasteiger partial charge on any atom is 0.272 e. The zero-order valence-electron chi connectivity index (χ0n) is 12.1. The SMILES string of the molecule is CCNc1cccc(C(=O)N(C)Cc2ccc(Cl)cc2)n1. The third-order valence-electron chi connectivity index (χ3n) is 3.01. The number of rotatable bonds is 5. The van der Waals surface area contributed by atoms with Crippen molar-refractivity contribution in [2.45, 2.75) is 13.5 Å². The Bertz CT molecular complexity index is 613. The molecule has 0 radical (unpaired) electrons. The fourth-order valence-corrected chi connectivity index (χ4v) is 2.09. The molecule has 1 N–H and O–H groups in total. The van der Waals surface area contributed by atoms with Crippen molar-refractivity contribution in [3.8, 4) is 0 Å². The lowest BCUT2D eigenvalue weighted by atomic mass is 10.2. The fourth-order valence-electron chi connectivity index (χ4n) is 1.96. The minimum Gasteiger partial charge on any atom is -0.370 e. The first kappa shape index (κ1) is 15.3. The maximum absolute atomic E-state index is 12.4. The number of pyridine rings is 1. The van der Waals surface area contributed by atoms with E-state index >= 15 is 0 Å². The van der Waals surface area contributed by atoms with Gasteiger partial charge in [0, 0.05) is 25.2 Å². The molecule has 0 aliphatic carbocycles. The number of anilines is 1. The second-order valence-corrected chi connectivity index (χ2v) is 5.16. The average molecular weight is 304 g/mol. The van der Waals surface area contributed by atoms with E-state index in [1.807, 2.05) is 43.3 Å². The number of hydrogen-bond donors (Lipinski definition) is 1. The Labute approximate surface area is 129 Å². The summed E-state index contributed by atoms with van der Waals surface area (Å²) in [6, 6.07) is 12.9. The number of halogens is 1. The van der Waals surface area contributed by atoms with Gasteiger partial charge in [0.2, 0.25) is 0 Å². The summed E-state index contributed by atoms with van der Waals surface area (Å²) in [7, 11) is 1.76. The third-order valence-corrected chi connectivity index (χ3v) is 3.26.